The van der Waals surface area contributed by atoms with Gasteiger partial charge in [-0.05, 0) is 80.3 Å². The van der Waals surface area contributed by atoms with Crippen LogP contribution in [0.3, 0.4) is 0 Å². The molecule has 0 aromatic heterocycles. The number of likely N-dealkylation sites (tertiary alicyclic amines) is 1. The molecule has 8 heteroatoms. The predicted molar refractivity (Wildman–Crippen MR) is 132 cm³/mol. The molecule has 7 nitrogen and oxygen atoms in total. The van der Waals surface area contributed by atoms with E-state index < -0.39 is 10.0 Å². The molecule has 2 N–H and O–H groups in total. The summed E-state index contributed by atoms with van der Waals surface area (Å²) in [7, 11) is -3.70. The number of carbonyl (C=O) groups excluding carboxylic acids is 2. The van der Waals surface area contributed by atoms with Gasteiger partial charge in [0.1, 0.15) is 0 Å². The second-order valence-electron chi connectivity index (χ2n) is 9.22. The summed E-state index contributed by atoms with van der Waals surface area (Å²) in [6, 6.07) is 10.5. The summed E-state index contributed by atoms with van der Waals surface area (Å²) < 4.78 is 29.5. The van der Waals surface area contributed by atoms with Crippen LogP contribution in [0.5, 0.6) is 0 Å². The predicted octanol–water partition coefficient (Wildman–Crippen LogP) is 3.81. The van der Waals surface area contributed by atoms with Crippen molar-refractivity contribution >= 4 is 27.5 Å². The molecule has 0 spiro atoms. The first-order valence-electron chi connectivity index (χ1n) is 12.1. The number of hydrogen-bond acceptors (Lipinski definition) is 4. The standard InChI is InChI=1S/C26H33N3O4S/c1-3-7-25(30)29-16-14-19(15-17-29)28-34(32,33)24-13-12-23(21-10-6-11-22(21)24)27-26(31)20-9-5-4-8-18(20)2/h4-5,8-9,12-13,19,28H,3,6-7,10-11,14-17H2,1-2H3,(H,27,31). The smallest absolute Gasteiger partial charge is 0.255 e. The zero-order chi connectivity index (χ0) is 24.3. The van der Waals surface area contributed by atoms with Crippen molar-refractivity contribution in [2.24, 2.45) is 0 Å². The molecule has 0 radical (unpaired) electrons. The van der Waals surface area contributed by atoms with Gasteiger partial charge in [-0.15, -0.1) is 0 Å². The summed E-state index contributed by atoms with van der Waals surface area (Å²) in [5.41, 5.74) is 3.89. The van der Waals surface area contributed by atoms with E-state index in [1.54, 1.807) is 18.2 Å². The van der Waals surface area contributed by atoms with Crippen LogP contribution in [0.25, 0.3) is 0 Å². The summed E-state index contributed by atoms with van der Waals surface area (Å²) in [5, 5.41) is 2.99. The molecule has 2 amide bonds. The van der Waals surface area contributed by atoms with Crippen LogP contribution in [-0.4, -0.2) is 44.3 Å². The number of fused-ring (bicyclic) bond motifs is 1. The summed E-state index contributed by atoms with van der Waals surface area (Å²) >= 11 is 0. The van der Waals surface area contributed by atoms with E-state index in [1.165, 1.54) is 0 Å². The number of piperidine rings is 1. The van der Waals surface area contributed by atoms with Gasteiger partial charge in [-0.3, -0.25) is 9.59 Å². The minimum atomic E-state index is -3.70. The first-order chi connectivity index (χ1) is 16.3. The van der Waals surface area contributed by atoms with E-state index >= 15 is 0 Å². The monoisotopic (exact) mass is 483 g/mol. The van der Waals surface area contributed by atoms with Gasteiger partial charge in [0.25, 0.3) is 5.91 Å². The highest BCUT2D eigenvalue weighted by molar-refractivity contribution is 7.89. The number of nitrogens with one attached hydrogen (secondary N) is 2. The molecular formula is C26H33N3O4S. The molecule has 0 saturated carbocycles. The van der Waals surface area contributed by atoms with Crippen molar-refractivity contribution in [3.05, 3.63) is 58.7 Å². The van der Waals surface area contributed by atoms with Gasteiger partial charge < -0.3 is 10.2 Å². The number of amides is 2. The summed E-state index contributed by atoms with van der Waals surface area (Å²) in [5.74, 6) is -0.0460. The fraction of sp³-hybridized carbons (Fsp3) is 0.462. The second-order valence-corrected chi connectivity index (χ2v) is 10.9. The van der Waals surface area contributed by atoms with E-state index in [0.29, 0.717) is 54.9 Å². The SMILES string of the molecule is CCCC(=O)N1CCC(NS(=O)(=O)c2ccc(NC(=O)c3ccccc3C)c3c2CCC3)CC1. The molecule has 1 fully saturated rings. The van der Waals surface area contributed by atoms with Crippen molar-refractivity contribution < 1.29 is 18.0 Å². The molecule has 4 rings (SSSR count). The van der Waals surface area contributed by atoms with Crippen molar-refractivity contribution in [1.29, 1.82) is 0 Å². The molecule has 1 aliphatic carbocycles. The van der Waals surface area contributed by atoms with Crippen molar-refractivity contribution in [3.8, 4) is 0 Å². The maximum absolute atomic E-state index is 13.3. The summed E-state index contributed by atoms with van der Waals surface area (Å²) in [6.45, 7) is 5.03. The highest BCUT2D eigenvalue weighted by Gasteiger charge is 2.30. The zero-order valence-electron chi connectivity index (χ0n) is 19.9. The highest BCUT2D eigenvalue weighted by Crippen LogP contribution is 2.34. The van der Waals surface area contributed by atoms with E-state index in [9.17, 15) is 18.0 Å². The molecule has 182 valence electrons. The van der Waals surface area contributed by atoms with Crippen LogP contribution in [-0.2, 0) is 27.7 Å². The van der Waals surface area contributed by atoms with E-state index in [2.05, 4.69) is 10.0 Å². The van der Waals surface area contributed by atoms with Crippen LogP contribution in [0.4, 0.5) is 5.69 Å². The molecule has 2 aromatic carbocycles. The lowest BCUT2D eigenvalue weighted by Crippen LogP contribution is -2.46. The van der Waals surface area contributed by atoms with Crippen molar-refractivity contribution in [3.63, 3.8) is 0 Å². The van der Waals surface area contributed by atoms with Gasteiger partial charge in [-0.25, -0.2) is 13.1 Å². The van der Waals surface area contributed by atoms with Gasteiger partial charge in [-0.2, -0.15) is 0 Å². The molecular weight excluding hydrogens is 450 g/mol. The van der Waals surface area contributed by atoms with Gasteiger partial charge in [0.2, 0.25) is 15.9 Å². The van der Waals surface area contributed by atoms with E-state index in [1.807, 2.05) is 36.9 Å². The van der Waals surface area contributed by atoms with Crippen molar-refractivity contribution in [2.45, 2.75) is 69.7 Å². The number of rotatable bonds is 7. The van der Waals surface area contributed by atoms with Gasteiger partial charge in [0.05, 0.1) is 4.90 Å². The van der Waals surface area contributed by atoms with Crippen molar-refractivity contribution in [2.75, 3.05) is 18.4 Å². The van der Waals surface area contributed by atoms with Gasteiger partial charge in [0.15, 0.2) is 0 Å². The number of hydrogen-bond donors (Lipinski definition) is 2. The number of nitrogens with zero attached hydrogens (tertiary/aromatic N) is 1. The molecule has 0 atom stereocenters. The number of sulfonamides is 1. The highest BCUT2D eigenvalue weighted by atomic mass is 32.2. The van der Waals surface area contributed by atoms with E-state index in [-0.39, 0.29) is 17.9 Å². The van der Waals surface area contributed by atoms with Crippen LogP contribution < -0.4 is 10.0 Å². The lowest BCUT2D eigenvalue weighted by molar-refractivity contribution is -0.132. The maximum atomic E-state index is 13.3. The first kappa shape index (κ1) is 24.4. The topological polar surface area (TPSA) is 95.6 Å². The number of aryl methyl sites for hydroxylation is 1. The largest absolute Gasteiger partial charge is 0.343 e. The average molecular weight is 484 g/mol. The molecule has 2 aromatic rings. The van der Waals surface area contributed by atoms with Crippen LogP contribution in [0.15, 0.2) is 41.3 Å². The third-order valence-electron chi connectivity index (χ3n) is 6.80. The maximum Gasteiger partial charge on any atom is 0.255 e. The first-order valence-corrected chi connectivity index (χ1v) is 13.6. The molecule has 0 bridgehead atoms. The lowest BCUT2D eigenvalue weighted by atomic mass is 10.1. The minimum Gasteiger partial charge on any atom is -0.343 e. The Hall–Kier alpha value is -2.71. The molecule has 2 aliphatic rings. The zero-order valence-corrected chi connectivity index (χ0v) is 20.7. The van der Waals surface area contributed by atoms with E-state index in [0.717, 1.165) is 36.0 Å². The van der Waals surface area contributed by atoms with E-state index in [4.69, 9.17) is 0 Å². The fourth-order valence-corrected chi connectivity index (χ4v) is 6.56. The Bertz CT molecular complexity index is 1180. The lowest BCUT2D eigenvalue weighted by Gasteiger charge is -2.32. The molecule has 1 heterocycles. The third-order valence-corrected chi connectivity index (χ3v) is 8.41. The number of carbonyl (C=O) groups is 2. The van der Waals surface area contributed by atoms with Crippen LogP contribution in [0.2, 0.25) is 0 Å². The fourth-order valence-electron chi connectivity index (χ4n) is 4.96. The van der Waals surface area contributed by atoms with Crippen molar-refractivity contribution in [1.82, 2.24) is 9.62 Å². The third kappa shape index (κ3) is 5.18. The molecule has 1 saturated heterocycles. The molecule has 0 unspecified atom stereocenters. The quantitative estimate of drug-likeness (QED) is 0.626. The van der Waals surface area contributed by atoms with Crippen LogP contribution in [0.1, 0.15) is 66.1 Å². The Morgan fingerprint density at radius 2 is 1.74 bits per heavy atom. The Kier molecular flexibility index (Phi) is 7.38. The second kappa shape index (κ2) is 10.3. The van der Waals surface area contributed by atoms with Crippen LogP contribution >= 0.6 is 0 Å². The molecule has 34 heavy (non-hydrogen) atoms. The van der Waals surface area contributed by atoms with Gasteiger partial charge in [-0.1, -0.05) is 25.1 Å². The molecule has 1 aliphatic heterocycles. The summed E-state index contributed by atoms with van der Waals surface area (Å²) in [4.78, 5) is 27.1. The minimum absolute atomic E-state index is 0.143. The number of benzene rings is 2. The Labute approximate surface area is 202 Å². The Balaban J connectivity index is 1.48. The summed E-state index contributed by atoms with van der Waals surface area (Å²) in [6.07, 6.45) is 4.84. The van der Waals surface area contributed by atoms with Gasteiger partial charge in [0, 0.05) is 36.8 Å². The number of anilines is 1. The average Bonchev–Trinajstić information content (AvgIpc) is 3.30. The normalized spacial score (nSPS) is 16.4. The van der Waals surface area contributed by atoms with Gasteiger partial charge >= 0.3 is 0 Å². The Morgan fingerprint density at radius 3 is 2.44 bits per heavy atom. The van der Waals surface area contributed by atoms with Crippen LogP contribution in [0, 0.1) is 6.92 Å². The Morgan fingerprint density at radius 1 is 1.03 bits per heavy atom.